The Labute approximate surface area is 215 Å². The van der Waals surface area contributed by atoms with E-state index in [1.54, 1.807) is 18.2 Å². The first-order valence-electron chi connectivity index (χ1n) is 12.2. The van der Waals surface area contributed by atoms with Gasteiger partial charge in [-0.3, -0.25) is 14.4 Å². The SMILES string of the molecule is CC(C)c1cccc(C(C)C)c1NC(=O)C(=O)[C@@H](C(=O)c1ccccc1O)[C@H]1OC(=O)c2ccccc21. The van der Waals surface area contributed by atoms with E-state index in [0.717, 1.165) is 11.1 Å². The Bertz CT molecular complexity index is 1360. The number of phenolic OH excluding ortho intramolecular Hbond substituents is 1. The third-order valence-electron chi connectivity index (χ3n) is 6.59. The van der Waals surface area contributed by atoms with Crippen LogP contribution in [0.2, 0.25) is 0 Å². The molecule has 0 saturated carbocycles. The number of Topliss-reactive ketones (excluding diaryl/α,β-unsaturated/α-hetero) is 2. The van der Waals surface area contributed by atoms with Crippen molar-refractivity contribution in [3.8, 4) is 5.75 Å². The van der Waals surface area contributed by atoms with Gasteiger partial charge >= 0.3 is 5.97 Å². The molecule has 0 aromatic heterocycles. The lowest BCUT2D eigenvalue weighted by Gasteiger charge is -2.23. The highest BCUT2D eigenvalue weighted by molar-refractivity contribution is 6.45. The average Bonchev–Trinajstić information content (AvgIpc) is 3.20. The van der Waals surface area contributed by atoms with Gasteiger partial charge in [-0.1, -0.05) is 76.2 Å². The van der Waals surface area contributed by atoms with E-state index in [1.165, 1.54) is 30.3 Å². The van der Waals surface area contributed by atoms with Crippen molar-refractivity contribution < 1.29 is 29.0 Å². The van der Waals surface area contributed by atoms with Crippen LogP contribution < -0.4 is 5.32 Å². The van der Waals surface area contributed by atoms with E-state index in [-0.39, 0.29) is 28.7 Å². The van der Waals surface area contributed by atoms with Gasteiger partial charge < -0.3 is 15.2 Å². The number of fused-ring (bicyclic) bond motifs is 1. The Morgan fingerprint density at radius 2 is 1.43 bits per heavy atom. The number of hydrogen-bond donors (Lipinski definition) is 2. The second-order valence-electron chi connectivity index (χ2n) is 9.71. The number of benzene rings is 3. The zero-order chi connectivity index (χ0) is 26.9. The molecule has 7 heteroatoms. The minimum Gasteiger partial charge on any atom is -0.507 e. The summed E-state index contributed by atoms with van der Waals surface area (Å²) >= 11 is 0. The second kappa shape index (κ2) is 10.4. The van der Waals surface area contributed by atoms with Gasteiger partial charge in [-0.15, -0.1) is 0 Å². The minimum absolute atomic E-state index is 0.0606. The third-order valence-corrected chi connectivity index (χ3v) is 6.59. The molecule has 0 unspecified atom stereocenters. The van der Waals surface area contributed by atoms with Gasteiger partial charge in [0, 0.05) is 11.3 Å². The fraction of sp³-hybridized carbons (Fsp3) is 0.267. The van der Waals surface area contributed by atoms with Crippen LogP contribution in [0.15, 0.2) is 66.7 Å². The molecule has 1 aliphatic heterocycles. The number of anilines is 1. The standard InChI is InChI=1S/C30H29NO6/c1-16(2)18-13-9-14-19(17(3)4)25(18)31-29(35)27(34)24(26(33)22-12-7-8-15-23(22)32)28-20-10-5-6-11-21(20)30(36)37-28/h5-17,24,28,32H,1-4H3,(H,31,35)/t24-,28+/m1/s1. The number of ether oxygens (including phenoxy) is 1. The number of carbonyl (C=O) groups excluding carboxylic acids is 4. The summed E-state index contributed by atoms with van der Waals surface area (Å²) in [6.07, 6.45) is -1.31. The van der Waals surface area contributed by atoms with Crippen molar-refractivity contribution in [2.24, 2.45) is 5.92 Å². The van der Waals surface area contributed by atoms with Crippen molar-refractivity contribution in [3.05, 3.63) is 94.5 Å². The Morgan fingerprint density at radius 3 is 2.05 bits per heavy atom. The molecule has 3 aromatic carbocycles. The Hall–Kier alpha value is -4.26. The number of aromatic hydroxyl groups is 1. The lowest BCUT2D eigenvalue weighted by atomic mass is 9.84. The molecule has 7 nitrogen and oxygen atoms in total. The van der Waals surface area contributed by atoms with Crippen LogP contribution in [-0.4, -0.2) is 28.5 Å². The number of phenols is 1. The van der Waals surface area contributed by atoms with E-state index < -0.39 is 35.5 Å². The number of carbonyl (C=O) groups is 4. The summed E-state index contributed by atoms with van der Waals surface area (Å²) in [5, 5.41) is 13.1. The smallest absolute Gasteiger partial charge is 0.339 e. The van der Waals surface area contributed by atoms with E-state index in [9.17, 15) is 24.3 Å². The summed E-state index contributed by atoms with van der Waals surface area (Å²) in [6, 6.07) is 17.9. The fourth-order valence-corrected chi connectivity index (χ4v) is 4.68. The number of rotatable bonds is 8. The number of hydrogen-bond acceptors (Lipinski definition) is 6. The summed E-state index contributed by atoms with van der Waals surface area (Å²) in [5.41, 5.74) is 2.67. The minimum atomic E-state index is -1.69. The quantitative estimate of drug-likeness (QED) is 0.182. The van der Waals surface area contributed by atoms with Crippen LogP contribution in [-0.2, 0) is 14.3 Å². The fourth-order valence-electron chi connectivity index (χ4n) is 4.68. The van der Waals surface area contributed by atoms with Gasteiger partial charge in [0.25, 0.3) is 5.91 Å². The molecule has 0 bridgehead atoms. The molecule has 0 aliphatic carbocycles. The molecule has 0 spiro atoms. The zero-order valence-electron chi connectivity index (χ0n) is 21.1. The van der Waals surface area contributed by atoms with Crippen molar-refractivity contribution in [1.82, 2.24) is 0 Å². The highest BCUT2D eigenvalue weighted by Crippen LogP contribution is 2.39. The Morgan fingerprint density at radius 1 is 0.838 bits per heavy atom. The molecule has 0 radical (unpaired) electrons. The van der Waals surface area contributed by atoms with Gasteiger partial charge in [0.2, 0.25) is 5.78 Å². The van der Waals surface area contributed by atoms with Gasteiger partial charge in [0.1, 0.15) is 17.8 Å². The molecule has 0 saturated heterocycles. The molecule has 190 valence electrons. The first kappa shape index (κ1) is 25.8. The van der Waals surface area contributed by atoms with E-state index in [0.29, 0.717) is 11.3 Å². The maximum Gasteiger partial charge on any atom is 0.339 e. The molecular weight excluding hydrogens is 470 g/mol. The largest absolute Gasteiger partial charge is 0.507 e. The Kier molecular flexibility index (Phi) is 7.25. The second-order valence-corrected chi connectivity index (χ2v) is 9.71. The Balaban J connectivity index is 1.77. The van der Waals surface area contributed by atoms with Crippen molar-refractivity contribution >= 4 is 29.1 Å². The molecule has 3 aromatic rings. The number of nitrogens with one attached hydrogen (secondary N) is 1. The lowest BCUT2D eigenvalue weighted by Crippen LogP contribution is -2.38. The number of cyclic esters (lactones) is 1. The van der Waals surface area contributed by atoms with Gasteiger partial charge in [0.15, 0.2) is 5.78 Å². The maximum atomic E-state index is 13.7. The van der Waals surface area contributed by atoms with Crippen LogP contribution in [0, 0.1) is 5.92 Å². The normalized spacial score (nSPS) is 15.3. The topological polar surface area (TPSA) is 110 Å². The van der Waals surface area contributed by atoms with Crippen LogP contribution in [0.1, 0.15) is 83.0 Å². The predicted octanol–water partition coefficient (Wildman–Crippen LogP) is 5.56. The van der Waals surface area contributed by atoms with Gasteiger partial charge in [0.05, 0.1) is 11.1 Å². The molecule has 37 heavy (non-hydrogen) atoms. The van der Waals surface area contributed by atoms with Gasteiger partial charge in [-0.25, -0.2) is 4.79 Å². The van der Waals surface area contributed by atoms with Crippen molar-refractivity contribution in [3.63, 3.8) is 0 Å². The van der Waals surface area contributed by atoms with E-state index >= 15 is 0 Å². The summed E-state index contributed by atoms with van der Waals surface area (Å²) < 4.78 is 5.48. The van der Waals surface area contributed by atoms with Gasteiger partial charge in [-0.2, -0.15) is 0 Å². The molecular formula is C30H29NO6. The van der Waals surface area contributed by atoms with E-state index in [4.69, 9.17) is 4.74 Å². The molecule has 4 rings (SSSR count). The molecule has 1 heterocycles. The number of para-hydroxylation sites is 2. The monoisotopic (exact) mass is 499 g/mol. The molecule has 1 amide bonds. The van der Waals surface area contributed by atoms with Gasteiger partial charge in [-0.05, 0) is 41.2 Å². The van der Waals surface area contributed by atoms with Crippen molar-refractivity contribution in [1.29, 1.82) is 0 Å². The van der Waals surface area contributed by atoms with Crippen LogP contribution in [0.4, 0.5) is 5.69 Å². The number of esters is 1. The highest BCUT2D eigenvalue weighted by atomic mass is 16.5. The van der Waals surface area contributed by atoms with Crippen LogP contribution in [0.5, 0.6) is 5.75 Å². The number of amides is 1. The van der Waals surface area contributed by atoms with E-state index in [1.807, 2.05) is 45.9 Å². The zero-order valence-corrected chi connectivity index (χ0v) is 21.1. The number of ketones is 2. The maximum absolute atomic E-state index is 13.7. The summed E-state index contributed by atoms with van der Waals surface area (Å²) in [5.74, 6) is -5.45. The summed E-state index contributed by atoms with van der Waals surface area (Å²) in [7, 11) is 0. The first-order valence-corrected chi connectivity index (χ1v) is 12.2. The average molecular weight is 500 g/mol. The van der Waals surface area contributed by atoms with Crippen LogP contribution >= 0.6 is 0 Å². The first-order chi connectivity index (χ1) is 17.6. The van der Waals surface area contributed by atoms with Crippen LogP contribution in [0.3, 0.4) is 0 Å². The molecule has 2 N–H and O–H groups in total. The van der Waals surface area contributed by atoms with Crippen molar-refractivity contribution in [2.45, 2.75) is 45.6 Å². The lowest BCUT2D eigenvalue weighted by molar-refractivity contribution is -0.138. The molecule has 1 aliphatic rings. The highest BCUT2D eigenvalue weighted by Gasteiger charge is 2.46. The van der Waals surface area contributed by atoms with E-state index in [2.05, 4.69) is 5.32 Å². The summed E-state index contributed by atoms with van der Waals surface area (Å²) in [6.45, 7) is 7.93. The molecule has 0 fully saturated rings. The predicted molar refractivity (Wildman–Crippen MR) is 139 cm³/mol. The summed E-state index contributed by atoms with van der Waals surface area (Å²) in [4.78, 5) is 53.4. The third kappa shape index (κ3) is 4.89. The van der Waals surface area contributed by atoms with Crippen molar-refractivity contribution in [2.75, 3.05) is 5.32 Å². The van der Waals surface area contributed by atoms with Crippen LogP contribution in [0.25, 0.3) is 0 Å². The molecule has 2 atom stereocenters.